The van der Waals surface area contributed by atoms with E-state index in [0.717, 1.165) is 24.1 Å². The summed E-state index contributed by atoms with van der Waals surface area (Å²) in [5.41, 5.74) is 1.83. The third-order valence-electron chi connectivity index (χ3n) is 5.43. The van der Waals surface area contributed by atoms with Gasteiger partial charge >= 0.3 is 0 Å². The van der Waals surface area contributed by atoms with Gasteiger partial charge in [-0.2, -0.15) is 5.26 Å². The summed E-state index contributed by atoms with van der Waals surface area (Å²) in [4.78, 5) is 18.7. The molecule has 1 fully saturated rings. The molecular formula is C24H28N4O4. The predicted octanol–water partition coefficient (Wildman–Crippen LogP) is 3.48. The van der Waals surface area contributed by atoms with Gasteiger partial charge in [0.25, 0.3) is 0 Å². The van der Waals surface area contributed by atoms with Gasteiger partial charge in [0.2, 0.25) is 5.91 Å². The van der Waals surface area contributed by atoms with Crippen LogP contribution in [0.4, 0.5) is 5.82 Å². The Kier molecular flexibility index (Phi) is 7.33. The molecule has 0 saturated heterocycles. The van der Waals surface area contributed by atoms with Crippen LogP contribution in [0.2, 0.25) is 0 Å². The Bertz CT molecular complexity index is 1020. The number of amides is 1. The maximum Gasteiger partial charge on any atom is 0.250 e. The fourth-order valence-corrected chi connectivity index (χ4v) is 3.46. The second-order valence-corrected chi connectivity index (χ2v) is 7.47. The van der Waals surface area contributed by atoms with Crippen molar-refractivity contribution in [3.8, 4) is 17.6 Å². The summed E-state index contributed by atoms with van der Waals surface area (Å²) in [6.07, 6.45) is 4.86. The summed E-state index contributed by atoms with van der Waals surface area (Å²) in [5, 5.41) is 11.7. The third kappa shape index (κ3) is 5.18. The number of carbonyl (C=O) groups is 1. The number of anilines is 1. The molecule has 1 aliphatic carbocycles. The number of allylic oxidation sites excluding steroid dienone is 1. The van der Waals surface area contributed by atoms with Crippen LogP contribution in [0.25, 0.3) is 0 Å². The Morgan fingerprint density at radius 1 is 1.25 bits per heavy atom. The Morgan fingerprint density at radius 3 is 2.56 bits per heavy atom. The van der Waals surface area contributed by atoms with Crippen LogP contribution in [0.5, 0.6) is 11.5 Å². The quantitative estimate of drug-likeness (QED) is 0.609. The number of rotatable bonds is 10. The highest BCUT2D eigenvalue weighted by Crippen LogP contribution is 2.50. The molecule has 0 spiro atoms. The molecule has 1 aliphatic rings. The first kappa shape index (κ1) is 23.1. The summed E-state index contributed by atoms with van der Waals surface area (Å²) in [5.74, 6) is 1.76. The van der Waals surface area contributed by atoms with Gasteiger partial charge in [-0.1, -0.05) is 6.07 Å². The number of nitriles is 1. The Balaban J connectivity index is 1.59. The molecule has 0 bridgehead atoms. The zero-order chi connectivity index (χ0) is 23.1. The maximum absolute atomic E-state index is 12.4. The maximum atomic E-state index is 12.4. The number of carbonyl (C=O) groups excluding carboxylic acids is 1. The van der Waals surface area contributed by atoms with Crippen LogP contribution in [0.1, 0.15) is 37.8 Å². The van der Waals surface area contributed by atoms with Crippen molar-refractivity contribution in [3.63, 3.8) is 0 Å². The first-order chi connectivity index (χ1) is 15.5. The van der Waals surface area contributed by atoms with Crippen LogP contribution in [-0.4, -0.2) is 38.3 Å². The van der Waals surface area contributed by atoms with Crippen molar-refractivity contribution in [1.82, 2.24) is 10.3 Å². The van der Waals surface area contributed by atoms with Crippen LogP contribution in [0.3, 0.4) is 0 Å². The minimum atomic E-state index is -0.461. The molecule has 1 saturated carbocycles. The van der Waals surface area contributed by atoms with E-state index < -0.39 is 5.60 Å². The summed E-state index contributed by atoms with van der Waals surface area (Å²) in [6.45, 7) is 4.48. The summed E-state index contributed by atoms with van der Waals surface area (Å²) >= 11 is 0. The van der Waals surface area contributed by atoms with E-state index in [0.29, 0.717) is 29.4 Å². The van der Waals surface area contributed by atoms with Gasteiger partial charge in [-0.3, -0.25) is 4.79 Å². The largest absolute Gasteiger partial charge is 0.493 e. The number of aromatic nitrogens is 1. The lowest BCUT2D eigenvalue weighted by Crippen LogP contribution is -2.29. The third-order valence-corrected chi connectivity index (χ3v) is 5.43. The van der Waals surface area contributed by atoms with Gasteiger partial charge in [0.1, 0.15) is 18.5 Å². The molecule has 1 aromatic heterocycles. The van der Waals surface area contributed by atoms with Crippen molar-refractivity contribution >= 4 is 11.7 Å². The first-order valence-electron chi connectivity index (χ1n) is 10.4. The molecule has 0 radical (unpaired) electrons. The second kappa shape index (κ2) is 10.2. The molecule has 8 heteroatoms. The van der Waals surface area contributed by atoms with Gasteiger partial charge in [0, 0.05) is 24.6 Å². The number of benzene rings is 1. The molecule has 3 rings (SSSR count). The van der Waals surface area contributed by atoms with Gasteiger partial charge in [-0.25, -0.2) is 4.98 Å². The normalized spacial score (nSPS) is 14.3. The summed E-state index contributed by atoms with van der Waals surface area (Å²) in [7, 11) is 3.19. The lowest BCUT2D eigenvalue weighted by molar-refractivity contribution is -0.127. The minimum absolute atomic E-state index is 0.0562. The van der Waals surface area contributed by atoms with Crippen molar-refractivity contribution in [3.05, 3.63) is 59.6 Å². The Hall–Kier alpha value is -3.57. The van der Waals surface area contributed by atoms with Crippen molar-refractivity contribution in [2.45, 2.75) is 32.3 Å². The highest BCUT2D eigenvalue weighted by molar-refractivity contribution is 5.78. The lowest BCUT2D eigenvalue weighted by Gasteiger charge is -2.23. The highest BCUT2D eigenvalue weighted by Gasteiger charge is 2.46. The molecule has 0 unspecified atom stereocenters. The smallest absolute Gasteiger partial charge is 0.250 e. The molecule has 1 heterocycles. The fourth-order valence-electron chi connectivity index (χ4n) is 3.46. The van der Waals surface area contributed by atoms with E-state index in [1.54, 1.807) is 32.6 Å². The minimum Gasteiger partial charge on any atom is -0.493 e. The zero-order valence-electron chi connectivity index (χ0n) is 18.8. The van der Waals surface area contributed by atoms with Gasteiger partial charge in [-0.15, -0.1) is 0 Å². The van der Waals surface area contributed by atoms with Crippen LogP contribution in [0, 0.1) is 11.3 Å². The van der Waals surface area contributed by atoms with Gasteiger partial charge in [0.05, 0.1) is 25.4 Å². The SMILES string of the molecule is CCN(/C(C)=C/NC(=O)COC1(c2ccc(OC)c(OC)c2)CC1)c1ccc(C#N)cn1. The average Bonchev–Trinajstić information content (AvgIpc) is 3.63. The van der Waals surface area contributed by atoms with E-state index in [1.165, 1.54) is 6.20 Å². The van der Waals surface area contributed by atoms with E-state index in [4.69, 9.17) is 19.5 Å². The van der Waals surface area contributed by atoms with Crippen molar-refractivity contribution in [2.75, 3.05) is 32.3 Å². The average molecular weight is 437 g/mol. The molecule has 1 amide bonds. The molecule has 0 aliphatic heterocycles. The van der Waals surface area contributed by atoms with Crippen LogP contribution in [0.15, 0.2) is 48.4 Å². The molecule has 2 aromatic rings. The van der Waals surface area contributed by atoms with E-state index in [1.807, 2.05) is 36.9 Å². The number of hydrogen-bond acceptors (Lipinski definition) is 7. The molecule has 168 valence electrons. The number of hydrogen-bond donors (Lipinski definition) is 1. The topological polar surface area (TPSA) is 96.7 Å². The summed E-state index contributed by atoms with van der Waals surface area (Å²) < 4.78 is 16.7. The van der Waals surface area contributed by atoms with E-state index in [2.05, 4.69) is 16.4 Å². The zero-order valence-corrected chi connectivity index (χ0v) is 18.8. The van der Waals surface area contributed by atoms with Gasteiger partial charge < -0.3 is 24.4 Å². The van der Waals surface area contributed by atoms with E-state index in [9.17, 15) is 4.79 Å². The number of nitrogens with one attached hydrogen (secondary N) is 1. The number of nitrogens with zero attached hydrogens (tertiary/aromatic N) is 3. The molecule has 8 nitrogen and oxygen atoms in total. The number of pyridine rings is 1. The molecule has 1 aromatic carbocycles. The standard InChI is InChI=1S/C24H28N4O4/c1-5-28(22-9-6-18(13-25)15-26-22)17(2)14-27-23(29)16-32-24(10-11-24)19-7-8-20(30-3)21(12-19)31-4/h6-9,12,14-15H,5,10-11,16H2,1-4H3,(H,27,29)/b17-14+. The Labute approximate surface area is 188 Å². The monoisotopic (exact) mass is 436 g/mol. The molecule has 1 N–H and O–H groups in total. The number of methoxy groups -OCH3 is 2. The Morgan fingerprint density at radius 2 is 2.00 bits per heavy atom. The molecule has 32 heavy (non-hydrogen) atoms. The second-order valence-electron chi connectivity index (χ2n) is 7.47. The summed E-state index contributed by atoms with van der Waals surface area (Å²) in [6, 6.07) is 11.2. The fraction of sp³-hybridized carbons (Fsp3) is 0.375. The van der Waals surface area contributed by atoms with Crippen molar-refractivity contribution < 1.29 is 19.0 Å². The van der Waals surface area contributed by atoms with E-state index >= 15 is 0 Å². The molecule has 0 atom stereocenters. The van der Waals surface area contributed by atoms with Crippen LogP contribution < -0.4 is 19.7 Å². The first-order valence-corrected chi connectivity index (χ1v) is 10.4. The van der Waals surface area contributed by atoms with Gasteiger partial charge in [0.15, 0.2) is 11.5 Å². The number of ether oxygens (including phenoxy) is 3. The van der Waals surface area contributed by atoms with Crippen LogP contribution in [-0.2, 0) is 15.1 Å². The van der Waals surface area contributed by atoms with Crippen molar-refractivity contribution in [1.29, 1.82) is 5.26 Å². The lowest BCUT2D eigenvalue weighted by atomic mass is 10.1. The highest BCUT2D eigenvalue weighted by atomic mass is 16.5. The van der Waals surface area contributed by atoms with Crippen LogP contribution >= 0.6 is 0 Å². The molecular weight excluding hydrogens is 408 g/mol. The van der Waals surface area contributed by atoms with Gasteiger partial charge in [-0.05, 0) is 56.5 Å². The van der Waals surface area contributed by atoms with E-state index in [-0.39, 0.29) is 12.5 Å². The predicted molar refractivity (Wildman–Crippen MR) is 120 cm³/mol. The van der Waals surface area contributed by atoms with Crippen molar-refractivity contribution in [2.24, 2.45) is 0 Å².